The third kappa shape index (κ3) is 5.63. The highest BCUT2D eigenvalue weighted by Gasteiger charge is 2.26. The van der Waals surface area contributed by atoms with Crippen molar-refractivity contribution in [3.63, 3.8) is 0 Å². The van der Waals surface area contributed by atoms with Gasteiger partial charge in [-0.1, -0.05) is 29.6 Å². The second-order valence-electron chi connectivity index (χ2n) is 7.02. The first-order valence-electron chi connectivity index (χ1n) is 9.35. The van der Waals surface area contributed by atoms with Crippen molar-refractivity contribution in [2.75, 3.05) is 26.0 Å². The summed E-state index contributed by atoms with van der Waals surface area (Å²) in [5.74, 6) is -0.198. The molecule has 156 valence electrons. The van der Waals surface area contributed by atoms with Crippen LogP contribution in [0.5, 0.6) is 5.75 Å². The molecular weight excluding hydrogens is 433 g/mol. The van der Waals surface area contributed by atoms with Crippen molar-refractivity contribution in [1.82, 2.24) is 10.4 Å². The van der Waals surface area contributed by atoms with Crippen molar-refractivity contribution in [3.8, 4) is 5.75 Å². The zero-order valence-corrected chi connectivity index (χ0v) is 18.6. The summed E-state index contributed by atoms with van der Waals surface area (Å²) in [6, 6.07) is 4.80. The van der Waals surface area contributed by atoms with Crippen molar-refractivity contribution in [2.45, 2.75) is 32.1 Å². The van der Waals surface area contributed by atoms with Gasteiger partial charge in [0.05, 0.1) is 10.6 Å². The van der Waals surface area contributed by atoms with E-state index in [0.717, 1.165) is 37.7 Å². The van der Waals surface area contributed by atoms with E-state index in [1.807, 2.05) is 0 Å². The largest absolute Gasteiger partial charge is 0.482 e. The summed E-state index contributed by atoms with van der Waals surface area (Å²) in [6.07, 6.45) is 5.04. The molecule has 6 nitrogen and oxygen atoms in total. The van der Waals surface area contributed by atoms with E-state index in [1.165, 1.54) is 16.2 Å². The summed E-state index contributed by atoms with van der Waals surface area (Å²) in [4.78, 5) is 26.5. The van der Waals surface area contributed by atoms with Crippen molar-refractivity contribution in [1.29, 1.82) is 0 Å². The Morgan fingerprint density at radius 2 is 1.93 bits per heavy atom. The Labute approximate surface area is 184 Å². The predicted molar refractivity (Wildman–Crippen MR) is 117 cm³/mol. The number of nitrogens with zero attached hydrogens (tertiary/aromatic N) is 1. The van der Waals surface area contributed by atoms with Gasteiger partial charge in [-0.05, 0) is 49.4 Å². The standard InChI is InChI=1S/C20H23Cl2N3O3S/c1-25(2)24-19(27)18-13-6-4-3-5-7-16(13)29-20(18)23-17(26)11-28-15-9-8-12(21)10-14(15)22/h8-10H,3-7,11H2,1-2H3,(H,23,26)(H,24,27). The number of hydrogen-bond acceptors (Lipinski definition) is 5. The van der Waals surface area contributed by atoms with Crippen molar-refractivity contribution in [3.05, 3.63) is 44.2 Å². The van der Waals surface area contributed by atoms with Gasteiger partial charge in [-0.2, -0.15) is 0 Å². The molecule has 0 spiro atoms. The third-order valence-electron chi connectivity index (χ3n) is 4.48. The molecule has 0 radical (unpaired) electrons. The number of thiophene rings is 1. The smallest absolute Gasteiger partial charge is 0.268 e. The molecule has 1 aliphatic carbocycles. The van der Waals surface area contributed by atoms with Gasteiger partial charge in [-0.15, -0.1) is 11.3 Å². The van der Waals surface area contributed by atoms with Crippen LogP contribution in [0, 0.1) is 0 Å². The molecule has 1 heterocycles. The number of hydrazine groups is 1. The summed E-state index contributed by atoms with van der Waals surface area (Å²) in [5, 5.41) is 5.83. The fourth-order valence-corrected chi connectivity index (χ4v) is 4.99. The highest BCUT2D eigenvalue weighted by molar-refractivity contribution is 7.17. The van der Waals surface area contributed by atoms with Gasteiger partial charge in [-0.25, -0.2) is 5.01 Å². The minimum Gasteiger partial charge on any atom is -0.482 e. The van der Waals surface area contributed by atoms with Gasteiger partial charge in [0.1, 0.15) is 10.8 Å². The summed E-state index contributed by atoms with van der Waals surface area (Å²) in [6.45, 7) is -0.224. The number of ether oxygens (including phenoxy) is 1. The number of anilines is 1. The van der Waals surface area contributed by atoms with Crippen LogP contribution in [0.3, 0.4) is 0 Å². The number of carbonyl (C=O) groups is 2. The SMILES string of the molecule is CN(C)NC(=O)c1c(NC(=O)COc2ccc(Cl)cc2Cl)sc2c1CCCCC2. The zero-order valence-electron chi connectivity index (χ0n) is 16.3. The van der Waals surface area contributed by atoms with E-state index in [9.17, 15) is 9.59 Å². The molecule has 0 saturated heterocycles. The number of amides is 2. The topological polar surface area (TPSA) is 70.7 Å². The van der Waals surface area contributed by atoms with Gasteiger partial charge < -0.3 is 10.1 Å². The number of halogens is 2. The highest BCUT2D eigenvalue weighted by atomic mass is 35.5. The Morgan fingerprint density at radius 1 is 1.17 bits per heavy atom. The summed E-state index contributed by atoms with van der Waals surface area (Å²) in [5.41, 5.74) is 4.39. The second-order valence-corrected chi connectivity index (χ2v) is 8.96. The molecule has 2 N–H and O–H groups in total. The molecular formula is C20H23Cl2N3O3S. The Bertz CT molecular complexity index is 915. The molecule has 1 aliphatic rings. The van der Waals surface area contributed by atoms with Gasteiger partial charge in [-0.3, -0.25) is 15.0 Å². The highest BCUT2D eigenvalue weighted by Crippen LogP contribution is 2.37. The Morgan fingerprint density at radius 3 is 2.66 bits per heavy atom. The van der Waals surface area contributed by atoms with Gasteiger partial charge in [0.25, 0.3) is 11.8 Å². The van der Waals surface area contributed by atoms with Crippen LogP contribution < -0.4 is 15.5 Å². The lowest BCUT2D eigenvalue weighted by atomic mass is 10.1. The van der Waals surface area contributed by atoms with E-state index in [4.69, 9.17) is 27.9 Å². The summed E-state index contributed by atoms with van der Waals surface area (Å²) >= 11 is 13.4. The fraction of sp³-hybridized carbons (Fsp3) is 0.400. The second kappa shape index (κ2) is 9.80. The predicted octanol–water partition coefficient (Wildman–Crippen LogP) is 4.55. The number of rotatable bonds is 6. The number of aryl methyl sites for hydroxylation is 1. The first-order chi connectivity index (χ1) is 13.8. The lowest BCUT2D eigenvalue weighted by Gasteiger charge is -2.14. The summed E-state index contributed by atoms with van der Waals surface area (Å²) in [7, 11) is 3.51. The van der Waals surface area contributed by atoms with Crippen LogP contribution in [0.2, 0.25) is 10.0 Å². The average Bonchev–Trinajstić information content (AvgIpc) is 2.81. The first-order valence-corrected chi connectivity index (χ1v) is 10.9. The van der Waals surface area contributed by atoms with Crippen LogP contribution in [-0.4, -0.2) is 37.5 Å². The van der Waals surface area contributed by atoms with Crippen LogP contribution in [0.1, 0.15) is 40.1 Å². The first kappa shape index (κ1) is 21.9. The fourth-order valence-electron chi connectivity index (χ4n) is 3.23. The normalized spacial score (nSPS) is 13.6. The molecule has 29 heavy (non-hydrogen) atoms. The molecule has 0 bridgehead atoms. The van der Waals surface area contributed by atoms with Crippen LogP contribution in [0.4, 0.5) is 5.00 Å². The lowest BCUT2D eigenvalue weighted by Crippen LogP contribution is -2.37. The van der Waals surface area contributed by atoms with E-state index in [0.29, 0.717) is 26.4 Å². The number of benzene rings is 1. The van der Waals surface area contributed by atoms with Crippen molar-refractivity contribution >= 4 is 51.4 Å². The average molecular weight is 456 g/mol. The Kier molecular flexibility index (Phi) is 7.40. The number of fused-ring (bicyclic) bond motifs is 1. The maximum atomic E-state index is 12.8. The zero-order chi connectivity index (χ0) is 21.0. The number of hydrogen-bond donors (Lipinski definition) is 2. The molecule has 1 aromatic carbocycles. The maximum absolute atomic E-state index is 12.8. The number of carbonyl (C=O) groups excluding carboxylic acids is 2. The van der Waals surface area contributed by atoms with Crippen LogP contribution in [0.25, 0.3) is 0 Å². The van der Waals surface area contributed by atoms with Crippen molar-refractivity contribution in [2.24, 2.45) is 0 Å². The van der Waals surface area contributed by atoms with Gasteiger partial charge in [0.15, 0.2) is 6.61 Å². The quantitative estimate of drug-likeness (QED) is 0.495. The lowest BCUT2D eigenvalue weighted by molar-refractivity contribution is -0.118. The molecule has 0 atom stereocenters. The van der Waals surface area contributed by atoms with Gasteiger partial charge in [0.2, 0.25) is 0 Å². The Balaban J connectivity index is 1.76. The number of nitrogens with one attached hydrogen (secondary N) is 2. The minimum atomic E-state index is -0.355. The molecule has 9 heteroatoms. The van der Waals surface area contributed by atoms with E-state index in [2.05, 4.69) is 10.7 Å². The molecule has 2 aromatic rings. The van der Waals surface area contributed by atoms with Gasteiger partial charge in [0, 0.05) is 24.0 Å². The van der Waals surface area contributed by atoms with E-state index >= 15 is 0 Å². The molecule has 0 saturated carbocycles. The van der Waals surface area contributed by atoms with E-state index in [-0.39, 0.29) is 18.4 Å². The van der Waals surface area contributed by atoms with Gasteiger partial charge >= 0.3 is 0 Å². The maximum Gasteiger partial charge on any atom is 0.268 e. The molecule has 3 rings (SSSR count). The van der Waals surface area contributed by atoms with Crippen LogP contribution in [0.15, 0.2) is 18.2 Å². The molecule has 0 fully saturated rings. The molecule has 0 unspecified atom stereocenters. The van der Waals surface area contributed by atoms with E-state index < -0.39 is 0 Å². The van der Waals surface area contributed by atoms with Crippen molar-refractivity contribution < 1.29 is 14.3 Å². The van der Waals surface area contributed by atoms with Crippen LogP contribution in [-0.2, 0) is 17.6 Å². The molecule has 0 aliphatic heterocycles. The van der Waals surface area contributed by atoms with Crippen LogP contribution >= 0.6 is 34.5 Å². The molecule has 2 amide bonds. The minimum absolute atomic E-state index is 0.216. The van der Waals surface area contributed by atoms with E-state index in [1.54, 1.807) is 37.3 Å². The Hall–Kier alpha value is -1.80. The summed E-state index contributed by atoms with van der Waals surface area (Å²) < 4.78 is 5.51. The third-order valence-corrected chi connectivity index (χ3v) is 6.22. The monoisotopic (exact) mass is 455 g/mol. The molecule has 1 aromatic heterocycles.